The van der Waals surface area contributed by atoms with Gasteiger partial charge in [0.2, 0.25) is 0 Å². The third kappa shape index (κ3) is 2.38. The zero-order valence-electron chi connectivity index (χ0n) is 10.3. The van der Waals surface area contributed by atoms with Gasteiger partial charge in [-0.3, -0.25) is 10.2 Å². The fraction of sp³-hybridized carbons (Fsp3) is 0.250. The molecule has 0 bridgehead atoms. The Morgan fingerprint density at radius 1 is 1.33 bits per heavy atom. The Kier molecular flexibility index (Phi) is 3.38. The zero-order valence-corrected chi connectivity index (χ0v) is 10.3. The number of rotatable bonds is 3. The molecule has 0 spiro atoms. The van der Waals surface area contributed by atoms with E-state index in [1.807, 2.05) is 29.7 Å². The molecule has 0 atom stereocenters. The molecule has 0 radical (unpaired) electrons. The lowest BCUT2D eigenvalue weighted by molar-refractivity contribution is 0.0948. The summed E-state index contributed by atoms with van der Waals surface area (Å²) in [6.45, 7) is 4.27. The van der Waals surface area contributed by atoms with E-state index in [1.165, 1.54) is 16.4 Å². The topological polar surface area (TPSA) is 85.8 Å². The van der Waals surface area contributed by atoms with Crippen LogP contribution in [0.15, 0.2) is 30.5 Å². The van der Waals surface area contributed by atoms with E-state index < -0.39 is 5.91 Å². The molecule has 0 aliphatic carbocycles. The summed E-state index contributed by atoms with van der Waals surface area (Å²) in [7, 11) is 0. The molecule has 1 heterocycles. The van der Waals surface area contributed by atoms with Crippen LogP contribution in [0.1, 0.15) is 35.8 Å². The van der Waals surface area contributed by atoms with E-state index in [1.54, 1.807) is 0 Å². The molecule has 0 saturated heterocycles. The van der Waals surface area contributed by atoms with Gasteiger partial charge in [0.25, 0.3) is 5.91 Å². The van der Waals surface area contributed by atoms with Gasteiger partial charge in [0.05, 0.1) is 11.9 Å². The van der Waals surface area contributed by atoms with Crippen molar-refractivity contribution in [2.45, 2.75) is 19.8 Å². The summed E-state index contributed by atoms with van der Waals surface area (Å²) in [4.78, 5) is 11.2. The zero-order chi connectivity index (χ0) is 13.1. The summed E-state index contributed by atoms with van der Waals surface area (Å²) in [5.41, 5.74) is 4.30. The van der Waals surface area contributed by atoms with E-state index in [4.69, 9.17) is 5.84 Å². The molecule has 94 valence electrons. The minimum Gasteiger partial charge on any atom is -0.289 e. The minimum atomic E-state index is -0.458. The van der Waals surface area contributed by atoms with Crippen LogP contribution in [-0.4, -0.2) is 20.9 Å². The number of hydrazine groups is 1. The molecule has 18 heavy (non-hydrogen) atoms. The number of nitrogen functional groups attached to an aromatic ring is 1. The largest absolute Gasteiger partial charge is 0.289 e. The third-order valence-electron chi connectivity index (χ3n) is 2.68. The van der Waals surface area contributed by atoms with E-state index in [2.05, 4.69) is 24.2 Å². The summed E-state index contributed by atoms with van der Waals surface area (Å²) >= 11 is 0. The Bertz CT molecular complexity index is 544. The second-order valence-corrected chi connectivity index (χ2v) is 4.27. The highest BCUT2D eigenvalue weighted by molar-refractivity contribution is 5.91. The lowest BCUT2D eigenvalue weighted by Gasteiger charge is -2.06. The van der Waals surface area contributed by atoms with Crippen molar-refractivity contribution in [1.29, 1.82) is 0 Å². The first kappa shape index (κ1) is 12.3. The molecular weight excluding hydrogens is 230 g/mol. The maximum absolute atomic E-state index is 11.2. The molecule has 0 saturated carbocycles. The second-order valence-electron chi connectivity index (χ2n) is 4.27. The fourth-order valence-electron chi connectivity index (χ4n) is 1.58. The first-order valence-electron chi connectivity index (χ1n) is 5.65. The molecule has 1 aromatic carbocycles. The van der Waals surface area contributed by atoms with E-state index in [0.717, 1.165) is 5.69 Å². The van der Waals surface area contributed by atoms with Crippen LogP contribution < -0.4 is 11.3 Å². The van der Waals surface area contributed by atoms with Crippen LogP contribution in [0.25, 0.3) is 5.69 Å². The van der Waals surface area contributed by atoms with Crippen LogP contribution in [0, 0.1) is 0 Å². The van der Waals surface area contributed by atoms with E-state index in [0.29, 0.717) is 5.92 Å². The first-order valence-corrected chi connectivity index (χ1v) is 5.65. The number of amides is 1. The highest BCUT2D eigenvalue weighted by Gasteiger charge is 2.09. The number of benzene rings is 1. The molecule has 0 aliphatic rings. The Hall–Kier alpha value is -2.21. The number of nitrogens with zero attached hydrogens (tertiary/aromatic N) is 3. The quantitative estimate of drug-likeness (QED) is 0.480. The van der Waals surface area contributed by atoms with Crippen LogP contribution in [0.4, 0.5) is 0 Å². The Morgan fingerprint density at radius 3 is 2.56 bits per heavy atom. The number of nitrogens with one attached hydrogen (secondary N) is 1. The van der Waals surface area contributed by atoms with Gasteiger partial charge in [0.15, 0.2) is 5.69 Å². The summed E-state index contributed by atoms with van der Waals surface area (Å²) in [6.07, 6.45) is 1.53. The molecule has 1 amide bonds. The van der Waals surface area contributed by atoms with Crippen molar-refractivity contribution in [3.63, 3.8) is 0 Å². The highest BCUT2D eigenvalue weighted by Crippen LogP contribution is 2.16. The van der Waals surface area contributed by atoms with Crippen molar-refractivity contribution >= 4 is 5.91 Å². The highest BCUT2D eigenvalue weighted by atomic mass is 16.2. The fourth-order valence-corrected chi connectivity index (χ4v) is 1.58. The summed E-state index contributed by atoms with van der Waals surface area (Å²) in [5.74, 6) is 5.05. The first-order chi connectivity index (χ1) is 8.61. The maximum Gasteiger partial charge on any atom is 0.287 e. The van der Waals surface area contributed by atoms with Gasteiger partial charge in [-0.25, -0.2) is 10.5 Å². The van der Waals surface area contributed by atoms with Crippen molar-refractivity contribution in [3.8, 4) is 5.69 Å². The number of hydrogen-bond acceptors (Lipinski definition) is 4. The molecule has 0 aliphatic heterocycles. The van der Waals surface area contributed by atoms with E-state index in [-0.39, 0.29) is 5.69 Å². The number of carbonyl (C=O) groups is 1. The Labute approximate surface area is 105 Å². The lowest BCUT2D eigenvalue weighted by Crippen LogP contribution is -2.30. The molecule has 3 N–H and O–H groups in total. The van der Waals surface area contributed by atoms with Crippen molar-refractivity contribution in [3.05, 3.63) is 41.7 Å². The van der Waals surface area contributed by atoms with Gasteiger partial charge in [-0.1, -0.05) is 31.2 Å². The SMILES string of the molecule is CC(C)c1ccc(-n2cc(C(=O)NN)nn2)cc1. The number of hydrogen-bond donors (Lipinski definition) is 2. The van der Waals surface area contributed by atoms with E-state index >= 15 is 0 Å². The van der Waals surface area contributed by atoms with Crippen molar-refractivity contribution in [2.24, 2.45) is 5.84 Å². The smallest absolute Gasteiger partial charge is 0.287 e. The summed E-state index contributed by atoms with van der Waals surface area (Å²) in [6, 6.07) is 7.94. The van der Waals surface area contributed by atoms with Gasteiger partial charge >= 0.3 is 0 Å². The van der Waals surface area contributed by atoms with Crippen LogP contribution >= 0.6 is 0 Å². The van der Waals surface area contributed by atoms with Gasteiger partial charge in [-0.05, 0) is 23.6 Å². The number of nitrogens with two attached hydrogens (primary N) is 1. The Morgan fingerprint density at radius 2 is 2.00 bits per heavy atom. The predicted octanol–water partition coefficient (Wildman–Crippen LogP) is 0.994. The van der Waals surface area contributed by atoms with Crippen LogP contribution in [0.5, 0.6) is 0 Å². The molecule has 2 rings (SSSR count). The Balaban J connectivity index is 2.26. The molecule has 2 aromatic rings. The van der Waals surface area contributed by atoms with Gasteiger partial charge in [0, 0.05) is 0 Å². The molecule has 6 nitrogen and oxygen atoms in total. The molecule has 0 unspecified atom stereocenters. The average Bonchev–Trinajstić information content (AvgIpc) is 2.87. The lowest BCUT2D eigenvalue weighted by atomic mass is 10.0. The maximum atomic E-state index is 11.2. The van der Waals surface area contributed by atoms with Gasteiger partial charge in [0.1, 0.15) is 0 Å². The average molecular weight is 245 g/mol. The van der Waals surface area contributed by atoms with Gasteiger partial charge in [-0.15, -0.1) is 5.10 Å². The normalized spacial score (nSPS) is 10.7. The van der Waals surface area contributed by atoms with Gasteiger partial charge in [-0.2, -0.15) is 0 Å². The monoisotopic (exact) mass is 245 g/mol. The van der Waals surface area contributed by atoms with Crippen molar-refractivity contribution < 1.29 is 4.79 Å². The number of carbonyl (C=O) groups excluding carboxylic acids is 1. The molecular formula is C12H15N5O. The second kappa shape index (κ2) is 4.97. The summed E-state index contributed by atoms with van der Waals surface area (Å²) < 4.78 is 1.54. The standard InChI is InChI=1S/C12H15N5O/c1-8(2)9-3-5-10(6-4-9)17-7-11(15-16-17)12(18)14-13/h3-8H,13H2,1-2H3,(H,14,18). The van der Waals surface area contributed by atoms with Crippen molar-refractivity contribution in [2.75, 3.05) is 0 Å². The predicted molar refractivity (Wildman–Crippen MR) is 67.1 cm³/mol. The van der Waals surface area contributed by atoms with Crippen LogP contribution in [0.2, 0.25) is 0 Å². The van der Waals surface area contributed by atoms with Crippen LogP contribution in [-0.2, 0) is 0 Å². The molecule has 1 aromatic heterocycles. The van der Waals surface area contributed by atoms with Crippen molar-refractivity contribution in [1.82, 2.24) is 20.4 Å². The minimum absolute atomic E-state index is 0.186. The summed E-state index contributed by atoms with van der Waals surface area (Å²) in [5, 5.41) is 7.62. The number of aromatic nitrogens is 3. The van der Waals surface area contributed by atoms with Gasteiger partial charge < -0.3 is 0 Å². The molecule has 6 heteroatoms. The van der Waals surface area contributed by atoms with E-state index in [9.17, 15) is 4.79 Å². The van der Waals surface area contributed by atoms with Crippen LogP contribution in [0.3, 0.4) is 0 Å². The molecule has 0 fully saturated rings. The third-order valence-corrected chi connectivity index (χ3v) is 2.68.